The van der Waals surface area contributed by atoms with Gasteiger partial charge in [0.05, 0.1) is 19.8 Å². The SMILES string of the molecule is COc1cc(OC)cc(C(=O)C(C)(N)C2CC2)c1. The Morgan fingerprint density at radius 3 is 2.11 bits per heavy atom. The van der Waals surface area contributed by atoms with Crippen LogP contribution in [0.15, 0.2) is 18.2 Å². The topological polar surface area (TPSA) is 61.5 Å². The number of benzene rings is 1. The lowest BCUT2D eigenvalue weighted by Crippen LogP contribution is -2.47. The second kappa shape index (κ2) is 4.61. The molecule has 98 valence electrons. The zero-order valence-corrected chi connectivity index (χ0v) is 11.0. The van der Waals surface area contributed by atoms with Crippen LogP contribution in [0.2, 0.25) is 0 Å². The molecule has 4 nitrogen and oxygen atoms in total. The maximum absolute atomic E-state index is 12.4. The molecule has 0 saturated heterocycles. The molecule has 1 aromatic carbocycles. The van der Waals surface area contributed by atoms with Crippen molar-refractivity contribution in [2.24, 2.45) is 11.7 Å². The van der Waals surface area contributed by atoms with Gasteiger partial charge in [-0.25, -0.2) is 0 Å². The van der Waals surface area contributed by atoms with Gasteiger partial charge in [0, 0.05) is 11.6 Å². The van der Waals surface area contributed by atoms with Crippen molar-refractivity contribution in [2.45, 2.75) is 25.3 Å². The van der Waals surface area contributed by atoms with E-state index in [1.807, 2.05) is 0 Å². The van der Waals surface area contributed by atoms with Crippen molar-refractivity contribution >= 4 is 5.78 Å². The Bertz CT molecular complexity index is 442. The van der Waals surface area contributed by atoms with Crippen LogP contribution < -0.4 is 15.2 Å². The first-order chi connectivity index (χ1) is 8.48. The molecule has 0 aromatic heterocycles. The number of ether oxygens (including phenoxy) is 2. The smallest absolute Gasteiger partial charge is 0.182 e. The van der Waals surface area contributed by atoms with E-state index in [0.717, 1.165) is 12.8 Å². The van der Waals surface area contributed by atoms with E-state index in [9.17, 15) is 4.79 Å². The molecule has 18 heavy (non-hydrogen) atoms. The van der Waals surface area contributed by atoms with Crippen molar-refractivity contribution in [1.82, 2.24) is 0 Å². The third kappa shape index (κ3) is 2.34. The van der Waals surface area contributed by atoms with E-state index in [1.54, 1.807) is 39.3 Å². The lowest BCUT2D eigenvalue weighted by molar-refractivity contribution is 0.0882. The zero-order valence-electron chi connectivity index (χ0n) is 11.0. The maximum Gasteiger partial charge on any atom is 0.182 e. The molecule has 1 aliphatic rings. The lowest BCUT2D eigenvalue weighted by atomic mass is 9.87. The summed E-state index contributed by atoms with van der Waals surface area (Å²) >= 11 is 0. The van der Waals surface area contributed by atoms with Crippen molar-refractivity contribution in [1.29, 1.82) is 0 Å². The molecule has 1 aliphatic carbocycles. The minimum Gasteiger partial charge on any atom is -0.497 e. The average molecular weight is 249 g/mol. The molecule has 0 aliphatic heterocycles. The molecule has 1 fully saturated rings. The van der Waals surface area contributed by atoms with Crippen molar-refractivity contribution in [3.63, 3.8) is 0 Å². The van der Waals surface area contributed by atoms with E-state index in [4.69, 9.17) is 15.2 Å². The van der Waals surface area contributed by atoms with Gasteiger partial charge in [-0.1, -0.05) is 0 Å². The summed E-state index contributed by atoms with van der Waals surface area (Å²) in [7, 11) is 3.12. The Balaban J connectivity index is 2.34. The van der Waals surface area contributed by atoms with Crippen LogP contribution in [0.3, 0.4) is 0 Å². The van der Waals surface area contributed by atoms with Crippen molar-refractivity contribution in [3.8, 4) is 11.5 Å². The van der Waals surface area contributed by atoms with Gasteiger partial charge in [0.2, 0.25) is 0 Å². The number of methoxy groups -OCH3 is 2. The normalized spacial score (nSPS) is 18.0. The van der Waals surface area contributed by atoms with Gasteiger partial charge in [-0.15, -0.1) is 0 Å². The summed E-state index contributed by atoms with van der Waals surface area (Å²) < 4.78 is 10.3. The fourth-order valence-electron chi connectivity index (χ4n) is 2.12. The van der Waals surface area contributed by atoms with Gasteiger partial charge in [-0.05, 0) is 37.8 Å². The van der Waals surface area contributed by atoms with Crippen molar-refractivity contribution in [3.05, 3.63) is 23.8 Å². The van der Waals surface area contributed by atoms with Crippen LogP contribution in [0.5, 0.6) is 11.5 Å². The summed E-state index contributed by atoms with van der Waals surface area (Å²) in [6.07, 6.45) is 2.06. The number of carbonyl (C=O) groups excluding carboxylic acids is 1. The quantitative estimate of drug-likeness (QED) is 0.811. The molecule has 0 heterocycles. The lowest BCUT2D eigenvalue weighted by Gasteiger charge is -2.23. The number of Topliss-reactive ketones (excluding diaryl/α,β-unsaturated/α-hetero) is 1. The van der Waals surface area contributed by atoms with E-state index in [2.05, 4.69) is 0 Å². The first-order valence-electron chi connectivity index (χ1n) is 6.05. The van der Waals surface area contributed by atoms with Crippen LogP contribution in [0.1, 0.15) is 30.1 Å². The molecule has 0 radical (unpaired) electrons. The summed E-state index contributed by atoms with van der Waals surface area (Å²) in [5, 5.41) is 0. The molecule has 4 heteroatoms. The van der Waals surface area contributed by atoms with E-state index >= 15 is 0 Å². The molecule has 1 atom stereocenters. The van der Waals surface area contributed by atoms with Crippen LogP contribution in [-0.2, 0) is 0 Å². The summed E-state index contributed by atoms with van der Waals surface area (Å²) in [5.74, 6) is 1.44. The molecule has 2 rings (SSSR count). The monoisotopic (exact) mass is 249 g/mol. The first-order valence-corrected chi connectivity index (χ1v) is 6.05. The van der Waals surface area contributed by atoms with Crippen LogP contribution in [0, 0.1) is 5.92 Å². The summed E-state index contributed by atoms with van der Waals surface area (Å²) in [6, 6.07) is 5.15. The molecule has 0 spiro atoms. The Hall–Kier alpha value is -1.55. The van der Waals surface area contributed by atoms with Gasteiger partial charge < -0.3 is 15.2 Å². The molecule has 0 bridgehead atoms. The number of ketones is 1. The molecule has 1 aromatic rings. The minimum atomic E-state index is -0.794. The van der Waals surface area contributed by atoms with Crippen LogP contribution in [-0.4, -0.2) is 25.5 Å². The molecule has 0 amide bonds. The predicted molar refractivity (Wildman–Crippen MR) is 69.2 cm³/mol. The van der Waals surface area contributed by atoms with E-state index in [0.29, 0.717) is 23.0 Å². The summed E-state index contributed by atoms with van der Waals surface area (Å²) in [5.41, 5.74) is 5.90. The standard InChI is InChI=1S/C14H19NO3/c1-14(15,10-4-5-10)13(16)9-6-11(17-2)8-12(7-9)18-3/h6-8,10H,4-5,15H2,1-3H3. The highest BCUT2D eigenvalue weighted by atomic mass is 16.5. The fourth-order valence-corrected chi connectivity index (χ4v) is 2.12. The van der Waals surface area contributed by atoms with Gasteiger partial charge in [0.25, 0.3) is 0 Å². The predicted octanol–water partition coefficient (Wildman–Crippen LogP) is 2.01. The van der Waals surface area contributed by atoms with Gasteiger partial charge in [-0.3, -0.25) is 4.79 Å². The van der Waals surface area contributed by atoms with Crippen molar-refractivity contribution in [2.75, 3.05) is 14.2 Å². The van der Waals surface area contributed by atoms with Gasteiger partial charge >= 0.3 is 0 Å². The molecular weight excluding hydrogens is 230 g/mol. The number of rotatable bonds is 5. The molecule has 1 unspecified atom stereocenters. The summed E-state index contributed by atoms with van der Waals surface area (Å²) in [4.78, 5) is 12.4. The third-order valence-corrected chi connectivity index (χ3v) is 3.53. The highest BCUT2D eigenvalue weighted by Gasteiger charge is 2.44. The molecular formula is C14H19NO3. The zero-order chi connectivity index (χ0) is 13.3. The third-order valence-electron chi connectivity index (χ3n) is 3.53. The largest absolute Gasteiger partial charge is 0.497 e. The number of nitrogens with two attached hydrogens (primary N) is 1. The summed E-state index contributed by atoms with van der Waals surface area (Å²) in [6.45, 7) is 1.80. The van der Waals surface area contributed by atoms with Gasteiger partial charge in [-0.2, -0.15) is 0 Å². The van der Waals surface area contributed by atoms with E-state index in [1.165, 1.54) is 0 Å². The number of hydrogen-bond donors (Lipinski definition) is 1. The molecule has 2 N–H and O–H groups in total. The van der Waals surface area contributed by atoms with Gasteiger partial charge in [0.1, 0.15) is 11.5 Å². The van der Waals surface area contributed by atoms with Crippen LogP contribution >= 0.6 is 0 Å². The van der Waals surface area contributed by atoms with E-state index < -0.39 is 5.54 Å². The van der Waals surface area contributed by atoms with Crippen molar-refractivity contribution < 1.29 is 14.3 Å². The van der Waals surface area contributed by atoms with Crippen LogP contribution in [0.25, 0.3) is 0 Å². The highest BCUT2D eigenvalue weighted by molar-refractivity contribution is 6.03. The maximum atomic E-state index is 12.4. The second-order valence-corrected chi connectivity index (χ2v) is 4.99. The van der Waals surface area contributed by atoms with Gasteiger partial charge in [0.15, 0.2) is 5.78 Å². The second-order valence-electron chi connectivity index (χ2n) is 4.99. The highest BCUT2D eigenvalue weighted by Crippen LogP contribution is 2.40. The first kappa shape index (κ1) is 12.9. The Morgan fingerprint density at radius 1 is 1.22 bits per heavy atom. The average Bonchev–Trinajstić information content (AvgIpc) is 3.21. The number of hydrogen-bond acceptors (Lipinski definition) is 4. The van der Waals surface area contributed by atoms with Crippen LogP contribution in [0.4, 0.5) is 0 Å². The Morgan fingerprint density at radius 2 is 1.72 bits per heavy atom. The van der Waals surface area contributed by atoms with E-state index in [-0.39, 0.29) is 5.78 Å². The Kier molecular flexibility index (Phi) is 3.30. The minimum absolute atomic E-state index is 0.0535. The number of carbonyl (C=O) groups is 1. The fraction of sp³-hybridized carbons (Fsp3) is 0.500. The Labute approximate surface area is 107 Å². The molecule has 1 saturated carbocycles.